The van der Waals surface area contributed by atoms with E-state index in [-0.39, 0.29) is 0 Å². The fourth-order valence-electron chi connectivity index (χ4n) is 3.03. The van der Waals surface area contributed by atoms with E-state index in [9.17, 15) is 0 Å². The van der Waals surface area contributed by atoms with Crippen LogP contribution in [0, 0.1) is 0 Å². The van der Waals surface area contributed by atoms with Crippen LogP contribution in [0.2, 0.25) is 0 Å². The van der Waals surface area contributed by atoms with Gasteiger partial charge in [-0.3, -0.25) is 0 Å². The molecule has 0 bridgehead atoms. The molecule has 0 spiro atoms. The molecule has 0 aliphatic carbocycles. The highest BCUT2D eigenvalue weighted by Gasteiger charge is 2.02. The molecule has 0 aliphatic heterocycles. The van der Waals surface area contributed by atoms with Gasteiger partial charge < -0.3 is 14.2 Å². The van der Waals surface area contributed by atoms with E-state index >= 15 is 0 Å². The van der Waals surface area contributed by atoms with Crippen LogP contribution in [0.15, 0.2) is 85.5 Å². The quantitative estimate of drug-likeness (QED) is 0.240. The molecule has 0 amide bonds. The third kappa shape index (κ3) is 6.70. The van der Waals surface area contributed by atoms with Crippen molar-refractivity contribution in [3.05, 3.63) is 91.0 Å². The summed E-state index contributed by atoms with van der Waals surface area (Å²) in [5.74, 6) is 2.61. The molecule has 0 unspecified atom stereocenters. The molecule has 3 heteroatoms. The molecule has 0 N–H and O–H groups in total. The molecule has 0 radical (unpaired) electrons. The molecular formula is C27H30O3. The van der Waals surface area contributed by atoms with E-state index in [1.54, 1.807) is 6.08 Å². The highest BCUT2D eigenvalue weighted by Crippen LogP contribution is 2.25. The van der Waals surface area contributed by atoms with Crippen LogP contribution in [-0.2, 0) is 6.61 Å². The average Bonchev–Trinajstić information content (AvgIpc) is 2.81. The van der Waals surface area contributed by atoms with E-state index in [2.05, 4.69) is 49.9 Å². The van der Waals surface area contributed by atoms with Crippen LogP contribution in [0.3, 0.4) is 0 Å². The SMILES string of the molecule is C=CCOc1ccc(-c2ccc(OCc3ccc(OCCCCC)cc3)cc2)cc1. The van der Waals surface area contributed by atoms with Crippen LogP contribution < -0.4 is 14.2 Å². The van der Waals surface area contributed by atoms with E-state index in [0.29, 0.717) is 13.2 Å². The molecule has 3 aromatic carbocycles. The van der Waals surface area contributed by atoms with Crippen LogP contribution in [0.1, 0.15) is 31.7 Å². The van der Waals surface area contributed by atoms with Crippen LogP contribution in [-0.4, -0.2) is 13.2 Å². The standard InChI is InChI=1S/C27H30O3/c1-3-5-6-20-29-25-13-7-22(8-14-25)21-30-27-17-11-24(12-18-27)23-9-15-26(16-10-23)28-19-4-2/h4,7-18H,2-3,5-6,19-21H2,1H3. The van der Waals surface area contributed by atoms with Crippen LogP contribution >= 0.6 is 0 Å². The van der Waals surface area contributed by atoms with Crippen molar-refractivity contribution in [3.8, 4) is 28.4 Å². The van der Waals surface area contributed by atoms with E-state index in [0.717, 1.165) is 47.0 Å². The summed E-state index contributed by atoms with van der Waals surface area (Å²) in [4.78, 5) is 0. The van der Waals surface area contributed by atoms with Gasteiger partial charge in [0.25, 0.3) is 0 Å². The lowest BCUT2D eigenvalue weighted by molar-refractivity contribution is 0.301. The Morgan fingerprint density at radius 1 is 0.667 bits per heavy atom. The summed E-state index contributed by atoms with van der Waals surface area (Å²) in [5, 5.41) is 0. The summed E-state index contributed by atoms with van der Waals surface area (Å²) >= 11 is 0. The lowest BCUT2D eigenvalue weighted by atomic mass is 10.1. The molecule has 0 aromatic heterocycles. The Hall–Kier alpha value is -3.20. The fourth-order valence-corrected chi connectivity index (χ4v) is 3.03. The number of hydrogen-bond donors (Lipinski definition) is 0. The Labute approximate surface area is 179 Å². The third-order valence-electron chi connectivity index (χ3n) is 4.76. The minimum atomic E-state index is 0.514. The summed E-state index contributed by atoms with van der Waals surface area (Å²) in [7, 11) is 0. The van der Waals surface area contributed by atoms with Crippen molar-refractivity contribution in [1.29, 1.82) is 0 Å². The van der Waals surface area contributed by atoms with Crippen molar-refractivity contribution >= 4 is 0 Å². The maximum atomic E-state index is 5.93. The number of unbranched alkanes of at least 4 members (excludes halogenated alkanes) is 2. The first-order valence-corrected chi connectivity index (χ1v) is 10.6. The first-order chi connectivity index (χ1) is 14.8. The van der Waals surface area contributed by atoms with Crippen molar-refractivity contribution in [2.24, 2.45) is 0 Å². The van der Waals surface area contributed by atoms with Gasteiger partial charge in [-0.15, -0.1) is 0 Å². The molecule has 3 rings (SSSR count). The summed E-state index contributed by atoms with van der Waals surface area (Å²) < 4.78 is 17.2. The van der Waals surface area contributed by atoms with Crippen molar-refractivity contribution in [1.82, 2.24) is 0 Å². The first-order valence-electron chi connectivity index (χ1n) is 10.6. The van der Waals surface area contributed by atoms with E-state index < -0.39 is 0 Å². The second kappa shape index (κ2) is 11.7. The highest BCUT2D eigenvalue weighted by molar-refractivity contribution is 5.64. The van der Waals surface area contributed by atoms with Crippen molar-refractivity contribution < 1.29 is 14.2 Å². The Kier molecular flexibility index (Phi) is 8.40. The summed E-state index contributed by atoms with van der Waals surface area (Å²) in [6.45, 7) is 7.68. The minimum absolute atomic E-state index is 0.514. The maximum Gasteiger partial charge on any atom is 0.119 e. The number of rotatable bonds is 12. The molecule has 3 aromatic rings. The summed E-state index contributed by atoms with van der Waals surface area (Å²) in [5.41, 5.74) is 3.40. The van der Waals surface area contributed by atoms with Crippen LogP contribution in [0.4, 0.5) is 0 Å². The van der Waals surface area contributed by atoms with Crippen molar-refractivity contribution in [2.75, 3.05) is 13.2 Å². The average molecular weight is 403 g/mol. The lowest BCUT2D eigenvalue weighted by Gasteiger charge is -2.10. The zero-order chi connectivity index (χ0) is 21.0. The molecule has 156 valence electrons. The second-order valence-electron chi connectivity index (χ2n) is 7.14. The van der Waals surface area contributed by atoms with E-state index in [4.69, 9.17) is 14.2 Å². The monoisotopic (exact) mass is 402 g/mol. The van der Waals surface area contributed by atoms with Gasteiger partial charge in [-0.05, 0) is 59.5 Å². The molecule has 30 heavy (non-hydrogen) atoms. The number of hydrogen-bond acceptors (Lipinski definition) is 3. The normalized spacial score (nSPS) is 10.4. The molecule has 0 atom stereocenters. The molecular weight excluding hydrogens is 372 g/mol. The van der Waals surface area contributed by atoms with Crippen LogP contribution in [0.5, 0.6) is 17.2 Å². The molecule has 0 fully saturated rings. The summed E-state index contributed by atoms with van der Waals surface area (Å²) in [6, 6.07) is 24.3. The molecule has 0 aliphatic rings. The largest absolute Gasteiger partial charge is 0.494 e. The Balaban J connectivity index is 1.49. The van der Waals surface area contributed by atoms with E-state index in [1.165, 1.54) is 12.8 Å². The zero-order valence-electron chi connectivity index (χ0n) is 17.7. The van der Waals surface area contributed by atoms with Gasteiger partial charge in [0.15, 0.2) is 0 Å². The Morgan fingerprint density at radius 3 is 1.77 bits per heavy atom. The zero-order valence-corrected chi connectivity index (χ0v) is 17.7. The first kappa shape index (κ1) is 21.5. The fraction of sp³-hybridized carbons (Fsp3) is 0.259. The maximum absolute atomic E-state index is 5.93. The topological polar surface area (TPSA) is 27.7 Å². The Morgan fingerprint density at radius 2 is 1.20 bits per heavy atom. The Bertz CT molecular complexity index is 881. The van der Waals surface area contributed by atoms with E-state index in [1.807, 2.05) is 36.4 Å². The molecule has 3 nitrogen and oxygen atoms in total. The number of benzene rings is 3. The van der Waals surface area contributed by atoms with Gasteiger partial charge in [-0.2, -0.15) is 0 Å². The van der Waals surface area contributed by atoms with Gasteiger partial charge in [0.2, 0.25) is 0 Å². The van der Waals surface area contributed by atoms with Crippen LogP contribution in [0.25, 0.3) is 11.1 Å². The van der Waals surface area contributed by atoms with Gasteiger partial charge in [0, 0.05) is 0 Å². The number of ether oxygens (including phenoxy) is 3. The second-order valence-corrected chi connectivity index (χ2v) is 7.14. The van der Waals surface area contributed by atoms with Crippen molar-refractivity contribution in [2.45, 2.75) is 32.8 Å². The van der Waals surface area contributed by atoms with Gasteiger partial charge in [-0.25, -0.2) is 0 Å². The third-order valence-corrected chi connectivity index (χ3v) is 4.76. The summed E-state index contributed by atoms with van der Waals surface area (Å²) in [6.07, 6.45) is 5.26. The van der Waals surface area contributed by atoms with Gasteiger partial charge in [0.05, 0.1) is 6.61 Å². The highest BCUT2D eigenvalue weighted by atomic mass is 16.5. The molecule has 0 saturated heterocycles. The lowest BCUT2D eigenvalue weighted by Crippen LogP contribution is -1.98. The smallest absolute Gasteiger partial charge is 0.119 e. The van der Waals surface area contributed by atoms with Crippen molar-refractivity contribution in [3.63, 3.8) is 0 Å². The minimum Gasteiger partial charge on any atom is -0.494 e. The van der Waals surface area contributed by atoms with Gasteiger partial charge >= 0.3 is 0 Å². The predicted octanol–water partition coefficient (Wildman–Crippen LogP) is 7.07. The van der Waals surface area contributed by atoms with Gasteiger partial charge in [-0.1, -0.05) is 68.8 Å². The molecule has 0 heterocycles. The predicted molar refractivity (Wildman–Crippen MR) is 123 cm³/mol. The molecule has 0 saturated carbocycles. The van der Waals surface area contributed by atoms with Gasteiger partial charge in [0.1, 0.15) is 30.5 Å².